The van der Waals surface area contributed by atoms with Crippen LogP contribution in [0.25, 0.3) is 0 Å². The standard InChI is InChI=1S/C22H30N4O3/c1-16(2)12-18(14-27)24-21(28)19-13-23-20(26-10-6-7-11-26)22(25-19)29-15-17-8-4-3-5-9-17/h3-5,8-9,13,16,18,27H,6-7,10-12,14-15H2,1-2H3,(H,24,28)/t18-/m0/s1. The summed E-state index contributed by atoms with van der Waals surface area (Å²) in [5, 5.41) is 12.4. The van der Waals surface area contributed by atoms with Crippen molar-refractivity contribution in [1.29, 1.82) is 0 Å². The van der Waals surface area contributed by atoms with Crippen LogP contribution in [-0.2, 0) is 6.61 Å². The highest BCUT2D eigenvalue weighted by Gasteiger charge is 2.23. The van der Waals surface area contributed by atoms with Crippen LogP contribution in [0.5, 0.6) is 5.88 Å². The molecule has 1 amide bonds. The van der Waals surface area contributed by atoms with E-state index in [1.807, 2.05) is 30.3 Å². The number of amides is 1. The van der Waals surface area contributed by atoms with E-state index in [1.165, 1.54) is 6.20 Å². The van der Waals surface area contributed by atoms with Crippen molar-refractivity contribution in [3.05, 3.63) is 47.8 Å². The highest BCUT2D eigenvalue weighted by atomic mass is 16.5. The summed E-state index contributed by atoms with van der Waals surface area (Å²) < 4.78 is 5.98. The average Bonchev–Trinajstić information content (AvgIpc) is 3.26. The van der Waals surface area contributed by atoms with Crippen LogP contribution in [0.2, 0.25) is 0 Å². The van der Waals surface area contributed by atoms with E-state index in [1.54, 1.807) is 0 Å². The third kappa shape index (κ3) is 5.90. The molecule has 1 fully saturated rings. The Morgan fingerprint density at radius 3 is 2.62 bits per heavy atom. The molecule has 1 aliphatic heterocycles. The van der Waals surface area contributed by atoms with Crippen molar-refractivity contribution in [1.82, 2.24) is 15.3 Å². The monoisotopic (exact) mass is 398 g/mol. The van der Waals surface area contributed by atoms with Crippen molar-refractivity contribution >= 4 is 11.7 Å². The Bertz CT molecular complexity index is 792. The van der Waals surface area contributed by atoms with Crippen LogP contribution in [0, 0.1) is 5.92 Å². The number of rotatable bonds is 9. The molecule has 156 valence electrons. The summed E-state index contributed by atoms with van der Waals surface area (Å²) in [6.45, 7) is 6.16. The van der Waals surface area contributed by atoms with Gasteiger partial charge in [0.1, 0.15) is 6.61 Å². The Morgan fingerprint density at radius 1 is 1.24 bits per heavy atom. The van der Waals surface area contributed by atoms with E-state index in [2.05, 4.69) is 34.0 Å². The van der Waals surface area contributed by atoms with Crippen molar-refractivity contribution in [3.8, 4) is 5.88 Å². The zero-order chi connectivity index (χ0) is 20.6. The van der Waals surface area contributed by atoms with E-state index in [-0.39, 0.29) is 24.2 Å². The summed E-state index contributed by atoms with van der Waals surface area (Å²) in [5.74, 6) is 1.05. The number of nitrogens with one attached hydrogen (secondary N) is 1. The number of aromatic nitrogens is 2. The second-order valence-corrected chi connectivity index (χ2v) is 7.83. The lowest BCUT2D eigenvalue weighted by atomic mass is 10.0. The summed E-state index contributed by atoms with van der Waals surface area (Å²) in [7, 11) is 0. The molecule has 0 aliphatic carbocycles. The number of hydrogen-bond acceptors (Lipinski definition) is 6. The number of carbonyl (C=O) groups excluding carboxylic acids is 1. The SMILES string of the molecule is CC(C)C[C@@H](CO)NC(=O)c1cnc(N2CCCC2)c(OCc2ccccc2)n1. The summed E-state index contributed by atoms with van der Waals surface area (Å²) in [5.41, 5.74) is 1.21. The Balaban J connectivity index is 1.78. The molecule has 0 spiro atoms. The number of aliphatic hydroxyl groups is 1. The van der Waals surface area contributed by atoms with Crippen molar-refractivity contribution < 1.29 is 14.6 Å². The van der Waals surface area contributed by atoms with E-state index in [4.69, 9.17) is 4.74 Å². The number of benzene rings is 1. The van der Waals surface area contributed by atoms with Gasteiger partial charge in [0.15, 0.2) is 11.5 Å². The van der Waals surface area contributed by atoms with Gasteiger partial charge in [0.05, 0.1) is 18.8 Å². The number of hydrogen-bond donors (Lipinski definition) is 2. The minimum atomic E-state index is -0.352. The van der Waals surface area contributed by atoms with Crippen molar-refractivity contribution in [2.45, 2.75) is 45.8 Å². The maximum Gasteiger partial charge on any atom is 0.271 e. The number of anilines is 1. The van der Waals surface area contributed by atoms with Crippen molar-refractivity contribution in [2.75, 3.05) is 24.6 Å². The zero-order valence-corrected chi connectivity index (χ0v) is 17.2. The van der Waals surface area contributed by atoms with Gasteiger partial charge in [-0.25, -0.2) is 9.97 Å². The molecule has 7 heteroatoms. The molecule has 1 aromatic carbocycles. The van der Waals surface area contributed by atoms with Crippen molar-refractivity contribution in [2.24, 2.45) is 5.92 Å². The van der Waals surface area contributed by atoms with Gasteiger partial charge in [0.2, 0.25) is 0 Å². The van der Waals surface area contributed by atoms with Gasteiger partial charge in [-0.2, -0.15) is 0 Å². The van der Waals surface area contributed by atoms with E-state index in [0.29, 0.717) is 30.6 Å². The fourth-order valence-corrected chi connectivity index (χ4v) is 3.45. The molecule has 3 rings (SSSR count). The summed E-state index contributed by atoms with van der Waals surface area (Å²) in [6, 6.07) is 9.53. The lowest BCUT2D eigenvalue weighted by Gasteiger charge is -2.21. The van der Waals surface area contributed by atoms with Crippen molar-refractivity contribution in [3.63, 3.8) is 0 Å². The number of carbonyl (C=O) groups is 1. The fraction of sp³-hybridized carbons (Fsp3) is 0.500. The largest absolute Gasteiger partial charge is 0.470 e. The molecule has 1 aromatic heterocycles. The van der Waals surface area contributed by atoms with Gasteiger partial charge in [-0.15, -0.1) is 0 Å². The van der Waals surface area contributed by atoms with Gasteiger partial charge in [-0.05, 0) is 30.7 Å². The molecule has 7 nitrogen and oxygen atoms in total. The maximum atomic E-state index is 12.7. The first kappa shape index (κ1) is 21.0. The highest BCUT2D eigenvalue weighted by Crippen LogP contribution is 2.27. The van der Waals surface area contributed by atoms with Crippen LogP contribution in [0.1, 0.15) is 49.2 Å². The van der Waals surface area contributed by atoms with Gasteiger partial charge >= 0.3 is 0 Å². The van der Waals surface area contributed by atoms with Gasteiger partial charge in [-0.1, -0.05) is 44.2 Å². The zero-order valence-electron chi connectivity index (χ0n) is 17.2. The Morgan fingerprint density at radius 2 is 1.97 bits per heavy atom. The molecule has 1 saturated heterocycles. The van der Waals surface area contributed by atoms with Crippen LogP contribution in [0.3, 0.4) is 0 Å². The molecule has 2 N–H and O–H groups in total. The fourth-order valence-electron chi connectivity index (χ4n) is 3.45. The van der Waals surface area contributed by atoms with Gasteiger partial charge in [0.25, 0.3) is 11.8 Å². The number of nitrogens with zero attached hydrogens (tertiary/aromatic N) is 3. The molecule has 1 atom stereocenters. The molecule has 2 aromatic rings. The number of aliphatic hydroxyl groups excluding tert-OH is 1. The molecule has 0 bridgehead atoms. The van der Waals surface area contributed by atoms with Crippen LogP contribution in [0.15, 0.2) is 36.5 Å². The molecule has 29 heavy (non-hydrogen) atoms. The minimum Gasteiger partial charge on any atom is -0.470 e. The Labute approximate surface area is 172 Å². The average molecular weight is 399 g/mol. The predicted octanol–water partition coefficient (Wildman–Crippen LogP) is 2.79. The van der Waals surface area contributed by atoms with E-state index in [0.717, 1.165) is 31.5 Å². The first-order chi connectivity index (χ1) is 14.1. The lowest BCUT2D eigenvalue weighted by molar-refractivity contribution is 0.0901. The van der Waals surface area contributed by atoms with E-state index in [9.17, 15) is 9.90 Å². The van der Waals surface area contributed by atoms with Gasteiger partial charge in [-0.3, -0.25) is 4.79 Å². The summed E-state index contributed by atoms with van der Waals surface area (Å²) in [6.07, 6.45) is 4.39. The molecule has 2 heterocycles. The first-order valence-corrected chi connectivity index (χ1v) is 10.3. The first-order valence-electron chi connectivity index (χ1n) is 10.3. The van der Waals surface area contributed by atoms with Gasteiger partial charge < -0.3 is 20.1 Å². The Hall–Kier alpha value is -2.67. The van der Waals surface area contributed by atoms with E-state index < -0.39 is 0 Å². The lowest BCUT2D eigenvalue weighted by Crippen LogP contribution is -2.39. The quantitative estimate of drug-likeness (QED) is 0.675. The molecular formula is C22H30N4O3. The predicted molar refractivity (Wildman–Crippen MR) is 112 cm³/mol. The minimum absolute atomic E-state index is 0.111. The summed E-state index contributed by atoms with van der Waals surface area (Å²) >= 11 is 0. The van der Waals surface area contributed by atoms with Crippen LogP contribution in [0.4, 0.5) is 5.82 Å². The molecule has 0 saturated carbocycles. The normalized spacial score (nSPS) is 14.8. The Kier molecular flexibility index (Phi) is 7.41. The second-order valence-electron chi connectivity index (χ2n) is 7.83. The maximum absolute atomic E-state index is 12.7. The molecule has 0 radical (unpaired) electrons. The van der Waals surface area contributed by atoms with E-state index >= 15 is 0 Å². The third-order valence-electron chi connectivity index (χ3n) is 4.89. The smallest absolute Gasteiger partial charge is 0.271 e. The summed E-state index contributed by atoms with van der Waals surface area (Å²) in [4.78, 5) is 23.8. The van der Waals surface area contributed by atoms with Crippen LogP contribution in [-0.4, -0.2) is 46.7 Å². The van der Waals surface area contributed by atoms with Crippen LogP contribution >= 0.6 is 0 Å². The third-order valence-corrected chi connectivity index (χ3v) is 4.89. The topological polar surface area (TPSA) is 87.6 Å². The molecule has 1 aliphatic rings. The van der Waals surface area contributed by atoms with Crippen LogP contribution < -0.4 is 15.0 Å². The number of ether oxygens (including phenoxy) is 1. The molecule has 0 unspecified atom stereocenters. The second kappa shape index (κ2) is 10.2. The molecular weight excluding hydrogens is 368 g/mol. The highest BCUT2D eigenvalue weighted by molar-refractivity contribution is 5.92. The van der Waals surface area contributed by atoms with Gasteiger partial charge in [0, 0.05) is 13.1 Å².